The van der Waals surface area contributed by atoms with E-state index in [1.54, 1.807) is 26.4 Å². The molecule has 0 bridgehead atoms. The highest BCUT2D eigenvalue weighted by Crippen LogP contribution is 2.14. The third kappa shape index (κ3) is 2.32. The normalized spacial score (nSPS) is 10.3. The van der Waals surface area contributed by atoms with Gasteiger partial charge >= 0.3 is 0 Å². The number of nitrogen functional groups attached to an aromatic ring is 1. The molecule has 0 fully saturated rings. The molecule has 0 aliphatic heterocycles. The lowest BCUT2D eigenvalue weighted by Crippen LogP contribution is -2.26. The topological polar surface area (TPSA) is 85.8 Å². The lowest BCUT2D eigenvalue weighted by atomic mass is 10.2. The number of aryl methyl sites for hydroxylation is 2. The number of carbonyl (C=O) groups excluding carboxylic acids is 1. The molecule has 0 atom stereocenters. The number of pyridine rings is 1. The molecule has 2 rings (SSSR count). The Bertz CT molecular complexity index is 561. The Hall–Kier alpha value is -2.37. The van der Waals surface area contributed by atoms with Gasteiger partial charge in [-0.3, -0.25) is 14.5 Å². The van der Waals surface area contributed by atoms with Crippen LogP contribution >= 0.6 is 0 Å². The Kier molecular flexibility index (Phi) is 3.27. The van der Waals surface area contributed by atoms with Gasteiger partial charge in [0.1, 0.15) is 5.69 Å². The van der Waals surface area contributed by atoms with E-state index in [1.807, 2.05) is 12.1 Å². The SMILES string of the molecule is Cc1nn(C)c(C(=O)NCc2cccnc2)c1N. The van der Waals surface area contributed by atoms with E-state index in [9.17, 15) is 4.79 Å². The zero-order valence-corrected chi connectivity index (χ0v) is 10.3. The number of anilines is 1. The van der Waals surface area contributed by atoms with Gasteiger partial charge in [-0.15, -0.1) is 0 Å². The highest BCUT2D eigenvalue weighted by molar-refractivity contribution is 5.97. The average Bonchev–Trinajstić information content (AvgIpc) is 2.62. The Morgan fingerprint density at radius 3 is 2.89 bits per heavy atom. The van der Waals surface area contributed by atoms with Gasteiger partial charge in [0.25, 0.3) is 5.91 Å². The van der Waals surface area contributed by atoms with E-state index in [1.165, 1.54) is 4.68 Å². The van der Waals surface area contributed by atoms with Crippen molar-refractivity contribution in [3.05, 3.63) is 41.5 Å². The van der Waals surface area contributed by atoms with Crippen LogP contribution in [-0.4, -0.2) is 20.7 Å². The second-order valence-corrected chi connectivity index (χ2v) is 4.02. The molecule has 94 valence electrons. The van der Waals surface area contributed by atoms with Crippen molar-refractivity contribution in [3.8, 4) is 0 Å². The number of aromatic nitrogens is 3. The molecule has 0 unspecified atom stereocenters. The van der Waals surface area contributed by atoms with Gasteiger partial charge in [0, 0.05) is 26.0 Å². The second-order valence-electron chi connectivity index (χ2n) is 4.02. The maximum absolute atomic E-state index is 12.0. The van der Waals surface area contributed by atoms with Crippen molar-refractivity contribution in [1.82, 2.24) is 20.1 Å². The summed E-state index contributed by atoms with van der Waals surface area (Å²) >= 11 is 0. The van der Waals surface area contributed by atoms with Gasteiger partial charge < -0.3 is 11.1 Å². The van der Waals surface area contributed by atoms with E-state index in [0.29, 0.717) is 23.6 Å². The maximum Gasteiger partial charge on any atom is 0.271 e. The van der Waals surface area contributed by atoms with Gasteiger partial charge in [0.05, 0.1) is 11.4 Å². The number of carbonyl (C=O) groups is 1. The minimum Gasteiger partial charge on any atom is -0.395 e. The smallest absolute Gasteiger partial charge is 0.271 e. The van der Waals surface area contributed by atoms with Crippen LogP contribution in [0.5, 0.6) is 0 Å². The first kappa shape index (κ1) is 12.1. The molecule has 0 aliphatic carbocycles. The molecule has 0 spiro atoms. The summed E-state index contributed by atoms with van der Waals surface area (Å²) in [5, 5.41) is 6.90. The largest absolute Gasteiger partial charge is 0.395 e. The zero-order chi connectivity index (χ0) is 13.1. The molecule has 6 heteroatoms. The third-order valence-electron chi connectivity index (χ3n) is 2.66. The summed E-state index contributed by atoms with van der Waals surface area (Å²) in [5.41, 5.74) is 8.21. The average molecular weight is 245 g/mol. The standard InChI is InChI=1S/C12H15N5O/c1-8-10(13)11(17(2)16-8)12(18)15-7-9-4-3-5-14-6-9/h3-6H,7,13H2,1-2H3,(H,15,18). The minimum atomic E-state index is -0.237. The first-order chi connectivity index (χ1) is 8.59. The van der Waals surface area contributed by atoms with Crippen LogP contribution in [0.3, 0.4) is 0 Å². The number of nitrogens with one attached hydrogen (secondary N) is 1. The van der Waals surface area contributed by atoms with Crippen molar-refractivity contribution in [3.63, 3.8) is 0 Å². The van der Waals surface area contributed by atoms with Gasteiger partial charge in [0.2, 0.25) is 0 Å². The van der Waals surface area contributed by atoms with Crippen LogP contribution in [0, 0.1) is 6.92 Å². The monoisotopic (exact) mass is 245 g/mol. The molecule has 2 aromatic heterocycles. The van der Waals surface area contributed by atoms with Crippen molar-refractivity contribution in [2.75, 3.05) is 5.73 Å². The first-order valence-corrected chi connectivity index (χ1v) is 5.55. The van der Waals surface area contributed by atoms with Crippen LogP contribution in [-0.2, 0) is 13.6 Å². The predicted molar refractivity (Wildman–Crippen MR) is 67.8 cm³/mol. The molecule has 0 aliphatic rings. The lowest BCUT2D eigenvalue weighted by Gasteiger charge is -2.06. The summed E-state index contributed by atoms with van der Waals surface area (Å²) in [6.07, 6.45) is 3.39. The van der Waals surface area contributed by atoms with Crippen molar-refractivity contribution in [2.45, 2.75) is 13.5 Å². The molecule has 1 amide bonds. The second kappa shape index (κ2) is 4.87. The molecule has 0 saturated heterocycles. The molecule has 2 aromatic rings. The van der Waals surface area contributed by atoms with E-state index in [2.05, 4.69) is 15.4 Å². The summed E-state index contributed by atoms with van der Waals surface area (Å²) in [6, 6.07) is 3.72. The fourth-order valence-electron chi connectivity index (χ4n) is 1.71. The molecule has 3 N–H and O–H groups in total. The highest BCUT2D eigenvalue weighted by atomic mass is 16.2. The number of hydrogen-bond acceptors (Lipinski definition) is 4. The highest BCUT2D eigenvalue weighted by Gasteiger charge is 2.17. The molecular weight excluding hydrogens is 230 g/mol. The number of rotatable bonds is 3. The number of nitrogens with zero attached hydrogens (tertiary/aromatic N) is 3. The van der Waals surface area contributed by atoms with E-state index in [0.717, 1.165) is 5.56 Å². The van der Waals surface area contributed by atoms with Gasteiger partial charge in [-0.05, 0) is 18.6 Å². The Morgan fingerprint density at radius 1 is 1.56 bits per heavy atom. The van der Waals surface area contributed by atoms with Gasteiger partial charge in [-0.25, -0.2) is 0 Å². The van der Waals surface area contributed by atoms with Crippen LogP contribution in [0.1, 0.15) is 21.7 Å². The van der Waals surface area contributed by atoms with Crippen molar-refractivity contribution < 1.29 is 4.79 Å². The number of nitrogens with two attached hydrogens (primary N) is 1. The minimum absolute atomic E-state index is 0.237. The fraction of sp³-hybridized carbons (Fsp3) is 0.250. The van der Waals surface area contributed by atoms with E-state index in [4.69, 9.17) is 5.73 Å². The van der Waals surface area contributed by atoms with Crippen LogP contribution in [0.4, 0.5) is 5.69 Å². The number of amides is 1. The van der Waals surface area contributed by atoms with Crippen LogP contribution < -0.4 is 11.1 Å². The van der Waals surface area contributed by atoms with E-state index < -0.39 is 0 Å². The molecule has 0 aromatic carbocycles. The fourth-order valence-corrected chi connectivity index (χ4v) is 1.71. The van der Waals surface area contributed by atoms with Crippen molar-refractivity contribution in [1.29, 1.82) is 0 Å². The Labute approximate surface area is 105 Å². The van der Waals surface area contributed by atoms with Crippen LogP contribution in [0.25, 0.3) is 0 Å². The van der Waals surface area contributed by atoms with Gasteiger partial charge in [-0.1, -0.05) is 6.07 Å². The molecule has 6 nitrogen and oxygen atoms in total. The maximum atomic E-state index is 12.0. The molecule has 0 radical (unpaired) electrons. The van der Waals surface area contributed by atoms with Gasteiger partial charge in [0.15, 0.2) is 0 Å². The van der Waals surface area contributed by atoms with Crippen LogP contribution in [0.15, 0.2) is 24.5 Å². The van der Waals surface area contributed by atoms with Crippen molar-refractivity contribution >= 4 is 11.6 Å². The predicted octanol–water partition coefficient (Wildman–Crippen LogP) is 0.636. The quantitative estimate of drug-likeness (QED) is 0.830. The summed E-state index contributed by atoms with van der Waals surface area (Å²) in [5.74, 6) is -0.237. The van der Waals surface area contributed by atoms with Crippen molar-refractivity contribution in [2.24, 2.45) is 7.05 Å². The molecule has 2 heterocycles. The zero-order valence-electron chi connectivity index (χ0n) is 10.3. The van der Waals surface area contributed by atoms with E-state index >= 15 is 0 Å². The third-order valence-corrected chi connectivity index (χ3v) is 2.66. The summed E-state index contributed by atoms with van der Waals surface area (Å²) in [7, 11) is 1.70. The summed E-state index contributed by atoms with van der Waals surface area (Å²) < 4.78 is 1.49. The van der Waals surface area contributed by atoms with E-state index in [-0.39, 0.29) is 5.91 Å². The lowest BCUT2D eigenvalue weighted by molar-refractivity contribution is 0.0942. The van der Waals surface area contributed by atoms with Gasteiger partial charge in [-0.2, -0.15) is 5.10 Å². The molecule has 18 heavy (non-hydrogen) atoms. The molecule has 0 saturated carbocycles. The molecular formula is C12H15N5O. The first-order valence-electron chi connectivity index (χ1n) is 5.55. The van der Waals surface area contributed by atoms with Crippen LogP contribution in [0.2, 0.25) is 0 Å². The Balaban J connectivity index is 2.09. The Morgan fingerprint density at radius 2 is 2.33 bits per heavy atom. The summed E-state index contributed by atoms with van der Waals surface area (Å²) in [6.45, 7) is 2.18. The number of hydrogen-bond donors (Lipinski definition) is 2. The summed E-state index contributed by atoms with van der Waals surface area (Å²) in [4.78, 5) is 16.0.